The number of likely N-dealkylation sites (tertiary alicyclic amines) is 1. The van der Waals surface area contributed by atoms with Crippen molar-refractivity contribution in [1.82, 2.24) is 14.5 Å². The van der Waals surface area contributed by atoms with E-state index in [1.165, 1.54) is 0 Å². The summed E-state index contributed by atoms with van der Waals surface area (Å²) < 4.78 is 34.6. The number of piperidine rings is 1. The Balaban J connectivity index is 1.46. The standard InChI is InChI=1S/C21H29F2N3O2/c1-3-28-15-4-8-21(2,9-5-15)25-10-6-14(7-11-25)26-19-13-17(23)16(22)12-18(19)24-20(26)27/h12-15H,3-11H2,1-2H3,(H,24,27). The molecule has 5 nitrogen and oxygen atoms in total. The third kappa shape index (κ3) is 3.50. The smallest absolute Gasteiger partial charge is 0.326 e. The molecule has 2 aromatic rings. The molecule has 1 aromatic heterocycles. The second kappa shape index (κ2) is 7.59. The molecular formula is C21H29F2N3O2. The number of rotatable bonds is 4. The number of benzene rings is 1. The van der Waals surface area contributed by atoms with E-state index in [0.29, 0.717) is 17.1 Å². The van der Waals surface area contributed by atoms with Gasteiger partial charge in [0.1, 0.15) is 0 Å². The van der Waals surface area contributed by atoms with Crippen LogP contribution < -0.4 is 5.69 Å². The number of nitrogens with one attached hydrogen (secondary N) is 1. The molecule has 0 radical (unpaired) electrons. The lowest BCUT2D eigenvalue weighted by Gasteiger charge is -2.48. The summed E-state index contributed by atoms with van der Waals surface area (Å²) in [5.74, 6) is -1.86. The molecule has 0 spiro atoms. The van der Waals surface area contributed by atoms with Crippen molar-refractivity contribution >= 4 is 11.0 Å². The van der Waals surface area contributed by atoms with Crippen molar-refractivity contribution in [3.05, 3.63) is 34.3 Å². The first-order chi connectivity index (χ1) is 13.4. The lowest BCUT2D eigenvalue weighted by molar-refractivity contribution is -0.0273. The molecule has 1 aromatic carbocycles. The van der Waals surface area contributed by atoms with Crippen LogP contribution in [-0.4, -0.2) is 45.8 Å². The Morgan fingerprint density at radius 1 is 1.14 bits per heavy atom. The summed E-state index contributed by atoms with van der Waals surface area (Å²) in [7, 11) is 0. The number of imidazole rings is 1. The van der Waals surface area contributed by atoms with Crippen molar-refractivity contribution in [2.24, 2.45) is 0 Å². The van der Waals surface area contributed by atoms with Gasteiger partial charge in [-0.15, -0.1) is 0 Å². The zero-order chi connectivity index (χ0) is 19.9. The highest BCUT2D eigenvalue weighted by Gasteiger charge is 2.38. The van der Waals surface area contributed by atoms with Gasteiger partial charge in [0.25, 0.3) is 0 Å². The van der Waals surface area contributed by atoms with Crippen LogP contribution in [0, 0.1) is 11.6 Å². The van der Waals surface area contributed by atoms with Gasteiger partial charge in [-0.1, -0.05) is 0 Å². The van der Waals surface area contributed by atoms with Crippen LogP contribution in [-0.2, 0) is 4.74 Å². The van der Waals surface area contributed by atoms with Gasteiger partial charge in [0, 0.05) is 43.4 Å². The molecule has 4 rings (SSSR count). The Hall–Kier alpha value is -1.73. The highest BCUT2D eigenvalue weighted by Crippen LogP contribution is 2.38. The maximum Gasteiger partial charge on any atom is 0.326 e. The average molecular weight is 393 g/mol. The van der Waals surface area contributed by atoms with E-state index in [-0.39, 0.29) is 17.3 Å². The Morgan fingerprint density at radius 2 is 1.79 bits per heavy atom. The summed E-state index contributed by atoms with van der Waals surface area (Å²) in [5, 5.41) is 0. The quantitative estimate of drug-likeness (QED) is 0.855. The van der Waals surface area contributed by atoms with Gasteiger partial charge in [0.2, 0.25) is 0 Å². The van der Waals surface area contributed by atoms with Crippen molar-refractivity contribution in [3.63, 3.8) is 0 Å². The molecule has 2 heterocycles. The normalized spacial score (nSPS) is 27.5. The second-order valence-corrected chi connectivity index (χ2v) is 8.45. The van der Waals surface area contributed by atoms with Crippen LogP contribution in [0.3, 0.4) is 0 Å². The van der Waals surface area contributed by atoms with E-state index in [1.54, 1.807) is 4.57 Å². The number of ether oxygens (including phenoxy) is 1. The molecule has 0 amide bonds. The SMILES string of the molecule is CCOC1CCC(C)(N2CCC(n3c(=O)[nH]c4cc(F)c(F)cc43)CC2)CC1. The molecule has 28 heavy (non-hydrogen) atoms. The maximum atomic E-state index is 13.7. The lowest BCUT2D eigenvalue weighted by atomic mass is 9.79. The highest BCUT2D eigenvalue weighted by atomic mass is 19.2. The number of aromatic amines is 1. The first-order valence-electron chi connectivity index (χ1n) is 10.4. The van der Waals surface area contributed by atoms with Gasteiger partial charge in [0.05, 0.1) is 17.1 Å². The van der Waals surface area contributed by atoms with E-state index >= 15 is 0 Å². The van der Waals surface area contributed by atoms with Crippen LogP contribution in [0.4, 0.5) is 8.78 Å². The largest absolute Gasteiger partial charge is 0.379 e. The topological polar surface area (TPSA) is 50.3 Å². The number of H-pyrrole nitrogens is 1. The molecule has 1 saturated carbocycles. The van der Waals surface area contributed by atoms with Crippen molar-refractivity contribution < 1.29 is 13.5 Å². The van der Waals surface area contributed by atoms with E-state index in [4.69, 9.17) is 4.74 Å². The van der Waals surface area contributed by atoms with Crippen LogP contribution in [0.15, 0.2) is 16.9 Å². The molecule has 154 valence electrons. The minimum absolute atomic E-state index is 0.00530. The second-order valence-electron chi connectivity index (χ2n) is 8.45. The predicted octanol–water partition coefficient (Wildman–Crippen LogP) is 3.98. The molecule has 1 aliphatic heterocycles. The Morgan fingerprint density at radius 3 is 2.43 bits per heavy atom. The summed E-state index contributed by atoms with van der Waals surface area (Å²) >= 11 is 0. The molecule has 1 N–H and O–H groups in total. The fourth-order valence-electron chi connectivity index (χ4n) is 5.08. The highest BCUT2D eigenvalue weighted by molar-refractivity contribution is 5.75. The molecule has 1 saturated heterocycles. The molecular weight excluding hydrogens is 364 g/mol. The number of fused-ring (bicyclic) bond motifs is 1. The summed E-state index contributed by atoms with van der Waals surface area (Å²) in [4.78, 5) is 17.7. The third-order valence-electron chi connectivity index (χ3n) is 6.76. The zero-order valence-electron chi connectivity index (χ0n) is 16.6. The first kappa shape index (κ1) is 19.6. The molecule has 0 unspecified atom stereocenters. The van der Waals surface area contributed by atoms with Crippen molar-refractivity contribution in [1.29, 1.82) is 0 Å². The average Bonchev–Trinajstić information content (AvgIpc) is 2.99. The van der Waals surface area contributed by atoms with Crippen LogP contribution >= 0.6 is 0 Å². The van der Waals surface area contributed by atoms with Crippen molar-refractivity contribution in [3.8, 4) is 0 Å². The molecule has 2 aliphatic rings. The van der Waals surface area contributed by atoms with E-state index in [0.717, 1.165) is 70.4 Å². The van der Waals surface area contributed by atoms with Gasteiger partial charge < -0.3 is 9.72 Å². The lowest BCUT2D eigenvalue weighted by Crippen LogP contribution is -2.53. The summed E-state index contributed by atoms with van der Waals surface area (Å²) in [5.41, 5.74) is 0.694. The van der Waals surface area contributed by atoms with Gasteiger partial charge in [-0.05, 0) is 52.4 Å². The minimum atomic E-state index is -0.939. The van der Waals surface area contributed by atoms with E-state index < -0.39 is 11.6 Å². The van der Waals surface area contributed by atoms with Crippen LogP contribution in [0.25, 0.3) is 11.0 Å². The molecule has 2 fully saturated rings. The number of hydrogen-bond acceptors (Lipinski definition) is 3. The molecule has 0 bridgehead atoms. The van der Waals surface area contributed by atoms with Crippen molar-refractivity contribution in [2.45, 2.75) is 70.1 Å². The zero-order valence-corrected chi connectivity index (χ0v) is 16.6. The van der Waals surface area contributed by atoms with E-state index in [9.17, 15) is 13.6 Å². The molecule has 1 aliphatic carbocycles. The summed E-state index contributed by atoms with van der Waals surface area (Å²) in [6, 6.07) is 2.20. The van der Waals surface area contributed by atoms with Gasteiger partial charge in [-0.2, -0.15) is 0 Å². The van der Waals surface area contributed by atoms with Crippen molar-refractivity contribution in [2.75, 3.05) is 19.7 Å². The van der Waals surface area contributed by atoms with Gasteiger partial charge in [0.15, 0.2) is 11.6 Å². The Kier molecular flexibility index (Phi) is 5.31. The fourth-order valence-corrected chi connectivity index (χ4v) is 5.08. The Labute approximate surface area is 163 Å². The third-order valence-corrected chi connectivity index (χ3v) is 6.76. The van der Waals surface area contributed by atoms with Gasteiger partial charge >= 0.3 is 5.69 Å². The number of aromatic nitrogens is 2. The molecule has 7 heteroatoms. The maximum absolute atomic E-state index is 13.7. The van der Waals surface area contributed by atoms with Crippen LogP contribution in [0.1, 0.15) is 58.4 Å². The Bertz CT molecular complexity index is 891. The minimum Gasteiger partial charge on any atom is -0.379 e. The van der Waals surface area contributed by atoms with E-state index in [1.807, 2.05) is 6.92 Å². The number of hydrogen-bond donors (Lipinski definition) is 1. The van der Waals surface area contributed by atoms with E-state index in [2.05, 4.69) is 16.8 Å². The number of nitrogens with zero attached hydrogens (tertiary/aromatic N) is 2. The monoisotopic (exact) mass is 393 g/mol. The fraction of sp³-hybridized carbons (Fsp3) is 0.667. The number of halogens is 2. The summed E-state index contributed by atoms with van der Waals surface area (Å²) in [6.45, 7) is 6.97. The predicted molar refractivity (Wildman–Crippen MR) is 105 cm³/mol. The van der Waals surface area contributed by atoms with Gasteiger partial charge in [-0.25, -0.2) is 13.6 Å². The van der Waals surface area contributed by atoms with Gasteiger partial charge in [-0.3, -0.25) is 9.47 Å². The first-order valence-corrected chi connectivity index (χ1v) is 10.4. The van der Waals surface area contributed by atoms with Crippen LogP contribution in [0.5, 0.6) is 0 Å². The summed E-state index contributed by atoms with van der Waals surface area (Å²) in [6.07, 6.45) is 6.48. The van der Waals surface area contributed by atoms with Crippen LogP contribution in [0.2, 0.25) is 0 Å². The molecule has 0 atom stereocenters.